The van der Waals surface area contributed by atoms with Crippen LogP contribution in [-0.2, 0) is 4.79 Å². The summed E-state index contributed by atoms with van der Waals surface area (Å²) in [5.41, 5.74) is 2.08. The number of rotatable bonds is 2. The Bertz CT molecular complexity index is 386. The van der Waals surface area contributed by atoms with Gasteiger partial charge in [-0.25, -0.2) is 0 Å². The molecule has 0 radical (unpaired) electrons. The third kappa shape index (κ3) is 3.30. The molecule has 17 heavy (non-hydrogen) atoms. The molecule has 2 rings (SSSR count). The molecule has 0 aromatic heterocycles. The van der Waals surface area contributed by atoms with E-state index >= 15 is 0 Å². The average Bonchev–Trinajstić information content (AvgIpc) is 2.32. The Morgan fingerprint density at radius 2 is 2.00 bits per heavy atom. The number of hydrogen-bond acceptors (Lipinski definition) is 2. The zero-order valence-corrected chi connectivity index (χ0v) is 10.5. The van der Waals surface area contributed by atoms with E-state index in [9.17, 15) is 4.79 Å². The van der Waals surface area contributed by atoms with Crippen LogP contribution in [0, 0.1) is 6.92 Å². The number of amides is 1. The van der Waals surface area contributed by atoms with Gasteiger partial charge in [-0.15, -0.1) is 0 Å². The van der Waals surface area contributed by atoms with E-state index in [1.54, 1.807) is 0 Å². The minimum atomic E-state index is -0.0416. The number of benzene rings is 1. The standard InChI is InChI=1S/C14H20N2O/c1-10-6-8-12(9-7-10)16-14(17)13-5-3-4-11(2)15-13/h6-9,11,13,15H,3-5H2,1-2H3,(H,16,17). The molecule has 3 heteroatoms. The zero-order valence-electron chi connectivity index (χ0n) is 10.5. The van der Waals surface area contributed by atoms with Crippen LogP contribution < -0.4 is 10.6 Å². The second-order valence-corrected chi connectivity index (χ2v) is 4.91. The smallest absolute Gasteiger partial charge is 0.241 e. The van der Waals surface area contributed by atoms with Crippen LogP contribution in [-0.4, -0.2) is 18.0 Å². The summed E-state index contributed by atoms with van der Waals surface area (Å²) in [6.45, 7) is 4.17. The fourth-order valence-electron chi connectivity index (χ4n) is 2.21. The highest BCUT2D eigenvalue weighted by Gasteiger charge is 2.23. The van der Waals surface area contributed by atoms with E-state index in [-0.39, 0.29) is 11.9 Å². The number of nitrogens with one attached hydrogen (secondary N) is 2. The van der Waals surface area contributed by atoms with Gasteiger partial charge in [0.25, 0.3) is 0 Å². The molecular formula is C14H20N2O. The van der Waals surface area contributed by atoms with Crippen LogP contribution in [0.2, 0.25) is 0 Å². The number of carbonyl (C=O) groups is 1. The van der Waals surface area contributed by atoms with Gasteiger partial charge in [-0.3, -0.25) is 4.79 Å². The van der Waals surface area contributed by atoms with E-state index in [0.717, 1.165) is 24.9 Å². The van der Waals surface area contributed by atoms with Crippen LogP contribution in [0.15, 0.2) is 24.3 Å². The minimum absolute atomic E-state index is 0.0416. The molecule has 0 bridgehead atoms. The number of carbonyl (C=O) groups excluding carboxylic acids is 1. The van der Waals surface area contributed by atoms with Crippen molar-refractivity contribution in [3.05, 3.63) is 29.8 Å². The Labute approximate surface area is 103 Å². The lowest BCUT2D eigenvalue weighted by Gasteiger charge is -2.27. The fourth-order valence-corrected chi connectivity index (χ4v) is 2.21. The van der Waals surface area contributed by atoms with Gasteiger partial charge in [-0.1, -0.05) is 17.7 Å². The molecule has 1 heterocycles. The fraction of sp³-hybridized carbons (Fsp3) is 0.500. The third-order valence-corrected chi connectivity index (χ3v) is 3.25. The predicted octanol–water partition coefficient (Wildman–Crippen LogP) is 2.46. The maximum Gasteiger partial charge on any atom is 0.241 e. The minimum Gasteiger partial charge on any atom is -0.325 e. The van der Waals surface area contributed by atoms with Crippen LogP contribution in [0.25, 0.3) is 0 Å². The Morgan fingerprint density at radius 3 is 2.65 bits per heavy atom. The lowest BCUT2D eigenvalue weighted by atomic mass is 9.99. The number of anilines is 1. The molecule has 1 aliphatic rings. The quantitative estimate of drug-likeness (QED) is 0.822. The molecule has 2 unspecified atom stereocenters. The van der Waals surface area contributed by atoms with Crippen molar-refractivity contribution in [2.75, 3.05) is 5.32 Å². The summed E-state index contributed by atoms with van der Waals surface area (Å²) in [4.78, 5) is 12.0. The molecule has 1 aliphatic heterocycles. The Hall–Kier alpha value is -1.35. The first-order valence-corrected chi connectivity index (χ1v) is 6.29. The van der Waals surface area contributed by atoms with Gasteiger partial charge in [0.1, 0.15) is 0 Å². The van der Waals surface area contributed by atoms with Crippen molar-refractivity contribution >= 4 is 11.6 Å². The zero-order chi connectivity index (χ0) is 12.3. The topological polar surface area (TPSA) is 41.1 Å². The lowest BCUT2D eigenvalue weighted by molar-refractivity contribution is -0.118. The lowest BCUT2D eigenvalue weighted by Crippen LogP contribution is -2.47. The molecule has 0 aliphatic carbocycles. The number of piperidine rings is 1. The highest BCUT2D eigenvalue weighted by atomic mass is 16.2. The summed E-state index contributed by atoms with van der Waals surface area (Å²) in [6.07, 6.45) is 3.22. The van der Waals surface area contributed by atoms with E-state index in [1.807, 2.05) is 31.2 Å². The van der Waals surface area contributed by atoms with Crippen molar-refractivity contribution in [1.29, 1.82) is 0 Å². The molecule has 1 saturated heterocycles. The van der Waals surface area contributed by atoms with Gasteiger partial charge in [-0.2, -0.15) is 0 Å². The van der Waals surface area contributed by atoms with Gasteiger partial charge in [0.05, 0.1) is 6.04 Å². The van der Waals surface area contributed by atoms with E-state index in [1.165, 1.54) is 5.56 Å². The summed E-state index contributed by atoms with van der Waals surface area (Å²) in [5.74, 6) is 0.0837. The van der Waals surface area contributed by atoms with E-state index in [4.69, 9.17) is 0 Å². The molecular weight excluding hydrogens is 212 g/mol. The van der Waals surface area contributed by atoms with E-state index in [0.29, 0.717) is 6.04 Å². The monoisotopic (exact) mass is 232 g/mol. The molecule has 1 fully saturated rings. The SMILES string of the molecule is Cc1ccc(NC(=O)C2CCCC(C)N2)cc1. The molecule has 1 aromatic rings. The van der Waals surface area contributed by atoms with Crippen molar-refractivity contribution in [3.63, 3.8) is 0 Å². The van der Waals surface area contributed by atoms with Crippen LogP contribution in [0.3, 0.4) is 0 Å². The average molecular weight is 232 g/mol. The maximum atomic E-state index is 12.0. The van der Waals surface area contributed by atoms with Crippen molar-refractivity contribution < 1.29 is 4.79 Å². The third-order valence-electron chi connectivity index (χ3n) is 3.25. The van der Waals surface area contributed by atoms with Gasteiger partial charge in [-0.05, 0) is 45.2 Å². The number of aryl methyl sites for hydroxylation is 1. The van der Waals surface area contributed by atoms with Crippen molar-refractivity contribution in [2.45, 2.75) is 45.2 Å². The normalized spacial score (nSPS) is 24.4. The summed E-state index contributed by atoms with van der Waals surface area (Å²) < 4.78 is 0. The molecule has 2 N–H and O–H groups in total. The van der Waals surface area contributed by atoms with Gasteiger partial charge in [0.2, 0.25) is 5.91 Å². The van der Waals surface area contributed by atoms with Crippen LogP contribution in [0.4, 0.5) is 5.69 Å². The molecule has 1 amide bonds. The van der Waals surface area contributed by atoms with Crippen molar-refractivity contribution in [1.82, 2.24) is 5.32 Å². The van der Waals surface area contributed by atoms with E-state index in [2.05, 4.69) is 17.6 Å². The summed E-state index contributed by atoms with van der Waals surface area (Å²) in [7, 11) is 0. The van der Waals surface area contributed by atoms with Crippen molar-refractivity contribution in [2.24, 2.45) is 0 Å². The highest BCUT2D eigenvalue weighted by molar-refractivity contribution is 5.94. The summed E-state index contributed by atoms with van der Waals surface area (Å²) in [6, 6.07) is 8.30. The second kappa shape index (κ2) is 5.32. The Morgan fingerprint density at radius 1 is 1.29 bits per heavy atom. The van der Waals surface area contributed by atoms with Crippen LogP contribution in [0.1, 0.15) is 31.7 Å². The summed E-state index contributed by atoms with van der Waals surface area (Å²) >= 11 is 0. The van der Waals surface area contributed by atoms with Gasteiger partial charge in [0.15, 0.2) is 0 Å². The van der Waals surface area contributed by atoms with Gasteiger partial charge < -0.3 is 10.6 Å². The molecule has 92 valence electrons. The Balaban J connectivity index is 1.94. The largest absolute Gasteiger partial charge is 0.325 e. The predicted molar refractivity (Wildman–Crippen MR) is 70.0 cm³/mol. The Kier molecular flexibility index (Phi) is 3.79. The second-order valence-electron chi connectivity index (χ2n) is 4.91. The molecule has 2 atom stereocenters. The first-order valence-electron chi connectivity index (χ1n) is 6.29. The first-order chi connectivity index (χ1) is 8.15. The van der Waals surface area contributed by atoms with Crippen LogP contribution >= 0.6 is 0 Å². The molecule has 1 aromatic carbocycles. The van der Waals surface area contributed by atoms with E-state index < -0.39 is 0 Å². The van der Waals surface area contributed by atoms with Crippen LogP contribution in [0.5, 0.6) is 0 Å². The summed E-state index contributed by atoms with van der Waals surface area (Å²) in [5, 5.41) is 6.29. The highest BCUT2D eigenvalue weighted by Crippen LogP contribution is 2.15. The van der Waals surface area contributed by atoms with Gasteiger partial charge >= 0.3 is 0 Å². The first kappa shape index (κ1) is 12.1. The number of hydrogen-bond donors (Lipinski definition) is 2. The molecule has 3 nitrogen and oxygen atoms in total. The van der Waals surface area contributed by atoms with Gasteiger partial charge in [0, 0.05) is 11.7 Å². The van der Waals surface area contributed by atoms with Crippen molar-refractivity contribution in [3.8, 4) is 0 Å². The molecule has 0 spiro atoms. The maximum absolute atomic E-state index is 12.0. The molecule has 0 saturated carbocycles.